The van der Waals surface area contributed by atoms with Gasteiger partial charge in [0.15, 0.2) is 11.9 Å². The standard InChI is InChI=1S/C20H14N4O2/c25-19-17-9-15-5-3-13(22-15)7-11-1-2-12(21-11)8-14-4-6-16(23-14)10-18(24-17)20(19)26/h1-10,19,24-26H. The number of nitrogens with one attached hydrogen (secondary N) is 1. The number of allylic oxidation sites excluding steroid dienone is 10. The van der Waals surface area contributed by atoms with Gasteiger partial charge >= 0.3 is 0 Å². The van der Waals surface area contributed by atoms with Gasteiger partial charge in [-0.15, -0.1) is 0 Å². The molecule has 0 aromatic carbocycles. The molecule has 5 aliphatic heterocycles. The summed E-state index contributed by atoms with van der Waals surface area (Å²) in [6.07, 6.45) is 17.4. The van der Waals surface area contributed by atoms with Crippen molar-refractivity contribution in [3.05, 3.63) is 95.0 Å². The summed E-state index contributed by atoms with van der Waals surface area (Å²) in [6, 6.07) is 0. The number of nitrogens with zero attached hydrogens (tertiary/aromatic N) is 3. The molecule has 3 N–H and O–H groups in total. The quantitative estimate of drug-likeness (QED) is 0.631. The summed E-state index contributed by atoms with van der Waals surface area (Å²) >= 11 is 0. The molecular formula is C20H14N4O2. The van der Waals surface area contributed by atoms with E-state index >= 15 is 0 Å². The lowest BCUT2D eigenvalue weighted by Crippen LogP contribution is -2.15. The molecule has 126 valence electrons. The van der Waals surface area contributed by atoms with Crippen LogP contribution in [-0.4, -0.2) is 33.5 Å². The minimum absolute atomic E-state index is 0.130. The number of hydrogen-bond donors (Lipinski definition) is 3. The minimum atomic E-state index is -1.11. The molecule has 0 spiro atoms. The number of aliphatic hydroxyl groups excluding tert-OH is 2. The highest BCUT2D eigenvalue weighted by atomic mass is 16.3. The number of hydrogen-bond acceptors (Lipinski definition) is 6. The van der Waals surface area contributed by atoms with Crippen LogP contribution >= 0.6 is 0 Å². The number of aliphatic imine (C=N–C) groups is 3. The molecule has 0 saturated heterocycles. The average Bonchev–Trinajstić information content (AvgIpc) is 3.38. The van der Waals surface area contributed by atoms with Gasteiger partial charge in [0, 0.05) is 0 Å². The molecule has 0 aromatic rings. The van der Waals surface area contributed by atoms with Gasteiger partial charge in [-0.2, -0.15) is 0 Å². The van der Waals surface area contributed by atoms with Crippen LogP contribution in [0.2, 0.25) is 0 Å². The maximum atomic E-state index is 10.3. The lowest BCUT2D eigenvalue weighted by Gasteiger charge is -2.04. The zero-order chi connectivity index (χ0) is 17.7. The van der Waals surface area contributed by atoms with E-state index in [2.05, 4.69) is 20.3 Å². The van der Waals surface area contributed by atoms with Crippen molar-refractivity contribution in [1.82, 2.24) is 5.32 Å². The predicted octanol–water partition coefficient (Wildman–Crippen LogP) is 2.30. The molecule has 0 saturated carbocycles. The largest absolute Gasteiger partial charge is 0.507 e. The second kappa shape index (κ2) is 5.50. The van der Waals surface area contributed by atoms with Crippen LogP contribution in [0.1, 0.15) is 0 Å². The minimum Gasteiger partial charge on any atom is -0.507 e. The van der Waals surface area contributed by atoms with E-state index in [1.807, 2.05) is 48.6 Å². The molecule has 5 rings (SSSR count). The summed E-state index contributed by atoms with van der Waals surface area (Å²) in [4.78, 5) is 13.6. The third kappa shape index (κ3) is 2.53. The van der Waals surface area contributed by atoms with Crippen LogP contribution in [0, 0.1) is 0 Å². The first-order valence-electron chi connectivity index (χ1n) is 8.19. The Morgan fingerprint density at radius 3 is 1.77 bits per heavy atom. The van der Waals surface area contributed by atoms with Crippen LogP contribution in [-0.2, 0) is 0 Å². The molecule has 5 aliphatic rings. The lowest BCUT2D eigenvalue weighted by atomic mass is 10.2. The van der Waals surface area contributed by atoms with E-state index in [4.69, 9.17) is 0 Å². The third-order valence-electron chi connectivity index (χ3n) is 4.34. The smallest absolute Gasteiger partial charge is 0.153 e. The van der Waals surface area contributed by atoms with Gasteiger partial charge in [-0.3, -0.25) is 0 Å². The molecule has 6 nitrogen and oxygen atoms in total. The van der Waals surface area contributed by atoms with E-state index in [0.717, 1.165) is 22.8 Å². The van der Waals surface area contributed by atoms with Gasteiger partial charge in [-0.1, -0.05) is 0 Å². The molecule has 5 heterocycles. The first-order valence-corrected chi connectivity index (χ1v) is 8.19. The summed E-state index contributed by atoms with van der Waals surface area (Å²) in [5.74, 6) is -0.130. The zero-order valence-electron chi connectivity index (χ0n) is 13.6. The van der Waals surface area contributed by atoms with Crippen molar-refractivity contribution in [3.63, 3.8) is 0 Å². The molecule has 6 heteroatoms. The Morgan fingerprint density at radius 1 is 0.692 bits per heavy atom. The molecule has 8 bridgehead atoms. The van der Waals surface area contributed by atoms with Crippen molar-refractivity contribution in [2.24, 2.45) is 15.0 Å². The van der Waals surface area contributed by atoms with E-state index in [1.54, 1.807) is 12.2 Å². The predicted molar refractivity (Wildman–Crippen MR) is 101 cm³/mol. The van der Waals surface area contributed by atoms with E-state index in [1.165, 1.54) is 0 Å². The Kier molecular flexibility index (Phi) is 3.13. The molecule has 1 unspecified atom stereocenters. The van der Waals surface area contributed by atoms with Gasteiger partial charge in [-0.05, 0) is 60.8 Å². The van der Waals surface area contributed by atoms with Crippen molar-refractivity contribution in [2.75, 3.05) is 0 Å². The summed E-state index contributed by atoms with van der Waals surface area (Å²) in [6.45, 7) is 0. The second-order valence-electron chi connectivity index (χ2n) is 6.24. The lowest BCUT2D eigenvalue weighted by molar-refractivity contribution is 0.189. The maximum Gasteiger partial charge on any atom is 0.153 e. The van der Waals surface area contributed by atoms with Crippen molar-refractivity contribution >= 4 is 17.1 Å². The van der Waals surface area contributed by atoms with Gasteiger partial charge in [0.25, 0.3) is 0 Å². The van der Waals surface area contributed by atoms with Crippen LogP contribution in [0.25, 0.3) is 0 Å². The summed E-state index contributed by atoms with van der Waals surface area (Å²) in [7, 11) is 0. The fourth-order valence-electron chi connectivity index (χ4n) is 3.08. The maximum absolute atomic E-state index is 10.3. The van der Waals surface area contributed by atoms with Crippen molar-refractivity contribution in [2.45, 2.75) is 6.10 Å². The Hall–Kier alpha value is -3.51. The average molecular weight is 342 g/mol. The van der Waals surface area contributed by atoms with Gasteiger partial charge in [0.05, 0.1) is 45.6 Å². The second-order valence-corrected chi connectivity index (χ2v) is 6.24. The fraction of sp³-hybridized carbons (Fsp3) is 0.0500. The van der Waals surface area contributed by atoms with Gasteiger partial charge < -0.3 is 15.5 Å². The van der Waals surface area contributed by atoms with Crippen molar-refractivity contribution < 1.29 is 10.2 Å². The van der Waals surface area contributed by atoms with Gasteiger partial charge in [-0.25, -0.2) is 15.0 Å². The van der Waals surface area contributed by atoms with E-state index < -0.39 is 6.10 Å². The summed E-state index contributed by atoms with van der Waals surface area (Å²) < 4.78 is 0. The van der Waals surface area contributed by atoms with Crippen LogP contribution in [0.4, 0.5) is 0 Å². The molecule has 0 aromatic heterocycles. The molecule has 0 amide bonds. The van der Waals surface area contributed by atoms with Crippen LogP contribution in [0.3, 0.4) is 0 Å². The molecule has 0 fully saturated rings. The highest BCUT2D eigenvalue weighted by Gasteiger charge is 2.28. The van der Waals surface area contributed by atoms with Crippen molar-refractivity contribution in [1.29, 1.82) is 0 Å². The normalized spacial score (nSPS) is 25.4. The summed E-state index contributed by atoms with van der Waals surface area (Å²) in [5.41, 5.74) is 5.45. The van der Waals surface area contributed by atoms with Crippen LogP contribution in [0.15, 0.2) is 110 Å². The van der Waals surface area contributed by atoms with Gasteiger partial charge in [0.1, 0.15) is 0 Å². The zero-order valence-corrected chi connectivity index (χ0v) is 13.6. The SMILES string of the molecule is OC1=C2C=C3C=CC(=N3)C=C3C=CC(=N3)C=C3C=CC(=N3)C=C(N2)C1O. The molecule has 0 radical (unpaired) electrons. The molecular weight excluding hydrogens is 328 g/mol. The number of aliphatic hydroxyl groups is 2. The Labute approximate surface area is 149 Å². The summed E-state index contributed by atoms with van der Waals surface area (Å²) in [5, 5.41) is 23.5. The Balaban J connectivity index is 1.65. The van der Waals surface area contributed by atoms with Crippen LogP contribution in [0.5, 0.6) is 0 Å². The van der Waals surface area contributed by atoms with Crippen LogP contribution < -0.4 is 5.32 Å². The Morgan fingerprint density at radius 2 is 1.19 bits per heavy atom. The van der Waals surface area contributed by atoms with Gasteiger partial charge in [0.2, 0.25) is 0 Å². The fourth-order valence-corrected chi connectivity index (χ4v) is 3.08. The molecule has 26 heavy (non-hydrogen) atoms. The first-order chi connectivity index (χ1) is 12.6. The number of rotatable bonds is 0. The molecule has 1 atom stereocenters. The van der Waals surface area contributed by atoms with E-state index in [0.29, 0.717) is 22.8 Å². The number of fused-ring (bicyclic) bond motifs is 5. The van der Waals surface area contributed by atoms with Crippen molar-refractivity contribution in [3.8, 4) is 0 Å². The topological polar surface area (TPSA) is 89.6 Å². The van der Waals surface area contributed by atoms with E-state index in [-0.39, 0.29) is 5.76 Å². The highest BCUT2D eigenvalue weighted by Crippen LogP contribution is 2.25. The first kappa shape index (κ1) is 14.8. The highest BCUT2D eigenvalue weighted by molar-refractivity contribution is 6.12. The monoisotopic (exact) mass is 342 g/mol. The third-order valence-corrected chi connectivity index (χ3v) is 4.34. The molecule has 0 aliphatic carbocycles. The Bertz CT molecular complexity index is 1070. The van der Waals surface area contributed by atoms with E-state index in [9.17, 15) is 10.2 Å².